The molecular formula is C15H33IN4. The van der Waals surface area contributed by atoms with Crippen LogP contribution >= 0.6 is 24.0 Å². The molecule has 0 radical (unpaired) electrons. The van der Waals surface area contributed by atoms with E-state index in [0.29, 0.717) is 0 Å². The summed E-state index contributed by atoms with van der Waals surface area (Å²) in [6.07, 6.45) is 4.85. The molecule has 4 nitrogen and oxygen atoms in total. The molecule has 0 aromatic rings. The van der Waals surface area contributed by atoms with Gasteiger partial charge in [-0.1, -0.05) is 20.8 Å². The van der Waals surface area contributed by atoms with Crippen molar-refractivity contribution >= 4 is 29.9 Å². The summed E-state index contributed by atoms with van der Waals surface area (Å²) in [6, 6.07) is 0. The first-order valence-electron chi connectivity index (χ1n) is 7.94. The molecule has 1 saturated heterocycles. The number of nitrogens with zero attached hydrogens (tertiary/aromatic N) is 3. The highest BCUT2D eigenvalue weighted by Crippen LogP contribution is 2.15. The van der Waals surface area contributed by atoms with Crippen LogP contribution in [0.2, 0.25) is 0 Å². The van der Waals surface area contributed by atoms with Crippen molar-refractivity contribution in [2.75, 3.05) is 39.3 Å². The van der Waals surface area contributed by atoms with Gasteiger partial charge in [-0.05, 0) is 51.2 Å². The standard InChI is InChI=1S/C15H32N4.HI/c1-4-18(5-2)11-7-6-10-17-15(16)19-12-8-14(3)9-13-19;/h14H,4-13H2,1-3H3,(H2,16,17);1H. The molecule has 2 N–H and O–H groups in total. The van der Waals surface area contributed by atoms with Crippen molar-refractivity contribution in [2.45, 2.75) is 46.5 Å². The van der Waals surface area contributed by atoms with E-state index < -0.39 is 0 Å². The highest BCUT2D eigenvalue weighted by Gasteiger charge is 2.16. The van der Waals surface area contributed by atoms with Crippen LogP contribution in [0.1, 0.15) is 46.5 Å². The number of likely N-dealkylation sites (tertiary alicyclic amines) is 1. The van der Waals surface area contributed by atoms with Gasteiger partial charge in [0.15, 0.2) is 5.96 Å². The molecule has 20 heavy (non-hydrogen) atoms. The molecule has 0 unspecified atom stereocenters. The maximum Gasteiger partial charge on any atom is 0.191 e. The van der Waals surface area contributed by atoms with Gasteiger partial charge in [0.2, 0.25) is 0 Å². The molecule has 0 amide bonds. The van der Waals surface area contributed by atoms with E-state index in [-0.39, 0.29) is 24.0 Å². The number of unbranched alkanes of at least 4 members (excludes halogenated alkanes) is 1. The Hall–Kier alpha value is -0.0400. The SMILES string of the molecule is CCN(CC)CCCCN=C(N)N1CCC(C)CC1.I. The smallest absolute Gasteiger partial charge is 0.191 e. The Morgan fingerprint density at radius 3 is 2.35 bits per heavy atom. The number of aliphatic imine (C=N–C) groups is 1. The minimum atomic E-state index is 0. The van der Waals surface area contributed by atoms with Gasteiger partial charge in [-0.15, -0.1) is 24.0 Å². The fourth-order valence-electron chi connectivity index (χ4n) is 2.52. The predicted molar refractivity (Wildman–Crippen MR) is 98.9 cm³/mol. The zero-order chi connectivity index (χ0) is 14.1. The van der Waals surface area contributed by atoms with Crippen LogP contribution in [0.25, 0.3) is 0 Å². The monoisotopic (exact) mass is 396 g/mol. The van der Waals surface area contributed by atoms with E-state index in [2.05, 4.69) is 35.6 Å². The van der Waals surface area contributed by atoms with Crippen LogP contribution in [0.15, 0.2) is 4.99 Å². The highest BCUT2D eigenvalue weighted by atomic mass is 127. The van der Waals surface area contributed by atoms with Gasteiger partial charge in [-0.2, -0.15) is 0 Å². The Bertz CT molecular complexity index is 259. The number of guanidine groups is 1. The van der Waals surface area contributed by atoms with Gasteiger partial charge < -0.3 is 15.5 Å². The van der Waals surface area contributed by atoms with E-state index in [4.69, 9.17) is 5.73 Å². The van der Waals surface area contributed by atoms with Crippen LogP contribution in [0.3, 0.4) is 0 Å². The Morgan fingerprint density at radius 2 is 1.80 bits per heavy atom. The molecule has 0 spiro atoms. The first-order valence-corrected chi connectivity index (χ1v) is 7.94. The quantitative estimate of drug-likeness (QED) is 0.312. The number of rotatable bonds is 7. The third kappa shape index (κ3) is 7.67. The van der Waals surface area contributed by atoms with E-state index in [1.807, 2.05) is 0 Å². The van der Waals surface area contributed by atoms with E-state index in [0.717, 1.165) is 51.0 Å². The lowest BCUT2D eigenvalue weighted by atomic mass is 10.00. The topological polar surface area (TPSA) is 44.9 Å². The average Bonchev–Trinajstić information content (AvgIpc) is 2.43. The number of halogens is 1. The molecule has 0 atom stereocenters. The molecule has 1 aliphatic heterocycles. The van der Waals surface area contributed by atoms with Crippen molar-refractivity contribution in [3.05, 3.63) is 0 Å². The summed E-state index contributed by atoms with van der Waals surface area (Å²) in [7, 11) is 0. The summed E-state index contributed by atoms with van der Waals surface area (Å²) in [6.45, 7) is 13.3. The van der Waals surface area contributed by atoms with Crippen molar-refractivity contribution in [2.24, 2.45) is 16.6 Å². The molecule has 1 aliphatic rings. The van der Waals surface area contributed by atoms with Crippen molar-refractivity contribution in [3.8, 4) is 0 Å². The van der Waals surface area contributed by atoms with Crippen LogP contribution in [0.5, 0.6) is 0 Å². The molecule has 1 heterocycles. The number of piperidine rings is 1. The van der Waals surface area contributed by atoms with Crippen molar-refractivity contribution in [3.63, 3.8) is 0 Å². The highest BCUT2D eigenvalue weighted by molar-refractivity contribution is 14.0. The molecule has 5 heteroatoms. The summed E-state index contributed by atoms with van der Waals surface area (Å²) in [5.74, 6) is 1.60. The van der Waals surface area contributed by atoms with Gasteiger partial charge >= 0.3 is 0 Å². The summed E-state index contributed by atoms with van der Waals surface area (Å²) in [4.78, 5) is 9.22. The van der Waals surface area contributed by atoms with Crippen molar-refractivity contribution in [1.29, 1.82) is 0 Å². The average molecular weight is 396 g/mol. The molecule has 1 fully saturated rings. The molecule has 0 bridgehead atoms. The number of hydrogen-bond acceptors (Lipinski definition) is 2. The second kappa shape index (κ2) is 11.6. The zero-order valence-electron chi connectivity index (χ0n) is 13.5. The van der Waals surface area contributed by atoms with Gasteiger partial charge in [0.1, 0.15) is 0 Å². The molecule has 0 saturated carbocycles. The first kappa shape index (κ1) is 20.0. The Kier molecular flexibility index (Phi) is 11.6. The lowest BCUT2D eigenvalue weighted by Crippen LogP contribution is -2.42. The fourth-order valence-corrected chi connectivity index (χ4v) is 2.52. The molecule has 0 aromatic heterocycles. The second-order valence-electron chi connectivity index (χ2n) is 5.64. The predicted octanol–water partition coefficient (Wildman–Crippen LogP) is 2.77. The molecular weight excluding hydrogens is 363 g/mol. The summed E-state index contributed by atoms with van der Waals surface area (Å²) >= 11 is 0. The normalized spacial score (nSPS) is 17.4. The van der Waals surface area contributed by atoms with E-state index >= 15 is 0 Å². The van der Waals surface area contributed by atoms with E-state index in [9.17, 15) is 0 Å². The van der Waals surface area contributed by atoms with Crippen LogP contribution in [0, 0.1) is 5.92 Å². The van der Waals surface area contributed by atoms with E-state index in [1.54, 1.807) is 0 Å². The first-order chi connectivity index (χ1) is 9.17. The van der Waals surface area contributed by atoms with Gasteiger partial charge in [0, 0.05) is 19.6 Å². The Labute approximate surface area is 142 Å². The molecule has 1 rings (SSSR count). The van der Waals surface area contributed by atoms with E-state index in [1.165, 1.54) is 25.8 Å². The summed E-state index contributed by atoms with van der Waals surface area (Å²) < 4.78 is 0. The number of nitrogens with two attached hydrogens (primary N) is 1. The van der Waals surface area contributed by atoms with Gasteiger partial charge in [-0.3, -0.25) is 4.99 Å². The van der Waals surface area contributed by atoms with Crippen LogP contribution in [0.4, 0.5) is 0 Å². The lowest BCUT2D eigenvalue weighted by molar-refractivity contribution is 0.277. The summed E-state index contributed by atoms with van der Waals surface area (Å²) in [5.41, 5.74) is 6.05. The largest absolute Gasteiger partial charge is 0.370 e. The third-order valence-corrected chi connectivity index (χ3v) is 4.16. The van der Waals surface area contributed by atoms with Gasteiger partial charge in [0.05, 0.1) is 0 Å². The van der Waals surface area contributed by atoms with Crippen molar-refractivity contribution in [1.82, 2.24) is 9.80 Å². The Morgan fingerprint density at radius 1 is 1.20 bits per heavy atom. The zero-order valence-corrected chi connectivity index (χ0v) is 15.8. The van der Waals surface area contributed by atoms with Crippen LogP contribution in [-0.4, -0.2) is 55.0 Å². The molecule has 120 valence electrons. The second-order valence-corrected chi connectivity index (χ2v) is 5.64. The summed E-state index contributed by atoms with van der Waals surface area (Å²) in [5, 5.41) is 0. The number of hydrogen-bond donors (Lipinski definition) is 1. The van der Waals surface area contributed by atoms with Crippen LogP contribution in [-0.2, 0) is 0 Å². The van der Waals surface area contributed by atoms with Gasteiger partial charge in [0.25, 0.3) is 0 Å². The molecule has 0 aromatic carbocycles. The fraction of sp³-hybridized carbons (Fsp3) is 0.933. The minimum absolute atomic E-state index is 0. The maximum atomic E-state index is 6.05. The maximum absolute atomic E-state index is 6.05. The molecule has 0 aliphatic carbocycles. The minimum Gasteiger partial charge on any atom is -0.370 e. The Balaban J connectivity index is 0.00000361. The van der Waals surface area contributed by atoms with Crippen LogP contribution < -0.4 is 5.73 Å². The van der Waals surface area contributed by atoms with Gasteiger partial charge in [-0.25, -0.2) is 0 Å². The lowest BCUT2D eigenvalue weighted by Gasteiger charge is -2.31. The van der Waals surface area contributed by atoms with Crippen molar-refractivity contribution < 1.29 is 0 Å². The third-order valence-electron chi connectivity index (χ3n) is 4.16.